The lowest BCUT2D eigenvalue weighted by Crippen LogP contribution is -2.15. The smallest absolute Gasteiger partial charge is 0.322 e. The average Bonchev–Trinajstić information content (AvgIpc) is 2.70. The first-order chi connectivity index (χ1) is 14.5. The molecule has 0 radical (unpaired) electrons. The lowest BCUT2D eigenvalue weighted by atomic mass is 10.1. The molecule has 4 nitrogen and oxygen atoms in total. The van der Waals surface area contributed by atoms with Gasteiger partial charge < -0.3 is 10.6 Å². The van der Waals surface area contributed by atoms with Crippen LogP contribution in [0.15, 0.2) is 60.7 Å². The fourth-order valence-electron chi connectivity index (χ4n) is 2.61. The first-order valence-corrected chi connectivity index (χ1v) is 8.97. The predicted molar refractivity (Wildman–Crippen MR) is 105 cm³/mol. The highest BCUT2D eigenvalue weighted by atomic mass is 35.5. The van der Waals surface area contributed by atoms with Gasteiger partial charge in [0.2, 0.25) is 0 Å². The summed E-state index contributed by atoms with van der Waals surface area (Å²) in [5.41, 5.74) is -1.15. The number of alkyl halides is 3. The Bertz CT molecular complexity index is 1160. The van der Waals surface area contributed by atoms with Crippen molar-refractivity contribution in [2.45, 2.75) is 6.18 Å². The molecule has 0 aromatic heterocycles. The molecule has 3 aromatic rings. The van der Waals surface area contributed by atoms with Crippen molar-refractivity contribution >= 4 is 34.8 Å². The van der Waals surface area contributed by atoms with Gasteiger partial charge in [0.15, 0.2) is 11.6 Å². The third kappa shape index (κ3) is 5.37. The Morgan fingerprint density at radius 3 is 2.03 bits per heavy atom. The summed E-state index contributed by atoms with van der Waals surface area (Å²) in [6.07, 6.45) is -4.56. The molecule has 2 N–H and O–H groups in total. The van der Waals surface area contributed by atoms with Gasteiger partial charge in [0.05, 0.1) is 16.1 Å². The van der Waals surface area contributed by atoms with Crippen molar-refractivity contribution in [2.24, 2.45) is 0 Å². The van der Waals surface area contributed by atoms with Crippen LogP contribution in [-0.4, -0.2) is 11.8 Å². The van der Waals surface area contributed by atoms with Crippen LogP contribution in [0.3, 0.4) is 0 Å². The van der Waals surface area contributed by atoms with Crippen LogP contribution in [-0.2, 0) is 6.18 Å². The van der Waals surface area contributed by atoms with Crippen LogP contribution in [0.2, 0.25) is 5.02 Å². The van der Waals surface area contributed by atoms with Crippen molar-refractivity contribution in [2.75, 3.05) is 10.6 Å². The highest BCUT2D eigenvalue weighted by Gasteiger charge is 2.30. The molecule has 3 rings (SSSR count). The summed E-state index contributed by atoms with van der Waals surface area (Å²) in [6, 6.07) is 10.9. The number of halogens is 6. The molecule has 0 bridgehead atoms. The SMILES string of the molecule is O=C(Nc1cccc(C(F)(F)F)c1)c1cccc(NC(=O)c2cc(F)c(F)cc2Cl)c1. The third-order valence-electron chi connectivity index (χ3n) is 4.08. The van der Waals surface area contributed by atoms with E-state index in [2.05, 4.69) is 10.6 Å². The number of nitrogens with one attached hydrogen (secondary N) is 2. The summed E-state index contributed by atoms with van der Waals surface area (Å²) >= 11 is 5.77. The highest BCUT2D eigenvalue weighted by molar-refractivity contribution is 6.34. The lowest BCUT2D eigenvalue weighted by molar-refractivity contribution is -0.137. The van der Waals surface area contributed by atoms with Crippen molar-refractivity contribution in [3.63, 3.8) is 0 Å². The molecule has 0 atom stereocenters. The molecule has 0 aliphatic carbocycles. The maximum atomic E-state index is 13.4. The number of carbonyl (C=O) groups is 2. The molecule has 0 aliphatic rings. The van der Waals surface area contributed by atoms with E-state index in [4.69, 9.17) is 11.6 Å². The Kier molecular flexibility index (Phi) is 6.26. The average molecular weight is 455 g/mol. The van der Waals surface area contributed by atoms with Gasteiger partial charge in [-0.05, 0) is 48.5 Å². The highest BCUT2D eigenvalue weighted by Crippen LogP contribution is 2.30. The fourth-order valence-corrected chi connectivity index (χ4v) is 2.85. The van der Waals surface area contributed by atoms with Crippen LogP contribution in [0.25, 0.3) is 0 Å². The van der Waals surface area contributed by atoms with E-state index in [1.165, 1.54) is 30.3 Å². The van der Waals surface area contributed by atoms with Crippen molar-refractivity contribution in [1.29, 1.82) is 0 Å². The van der Waals surface area contributed by atoms with Crippen molar-refractivity contribution in [3.8, 4) is 0 Å². The maximum absolute atomic E-state index is 13.4. The van der Waals surface area contributed by atoms with E-state index in [0.717, 1.165) is 18.2 Å². The van der Waals surface area contributed by atoms with E-state index < -0.39 is 35.2 Å². The standard InChI is InChI=1S/C21H12ClF5N2O2/c22-16-10-18(24)17(23)9-15(16)20(31)29-13-5-1-3-11(7-13)19(30)28-14-6-2-4-12(8-14)21(25,26)27/h1-10H,(H,28,30)(H,29,31). The summed E-state index contributed by atoms with van der Waals surface area (Å²) in [7, 11) is 0. The Labute approximate surface area is 177 Å². The zero-order valence-electron chi connectivity index (χ0n) is 15.4. The Morgan fingerprint density at radius 1 is 0.774 bits per heavy atom. The van der Waals surface area contributed by atoms with Crippen LogP contribution in [0, 0.1) is 11.6 Å². The summed E-state index contributed by atoms with van der Waals surface area (Å²) in [5, 5.41) is 4.42. The summed E-state index contributed by atoms with van der Waals surface area (Å²) in [5.74, 6) is -4.04. The number of anilines is 2. The molecular formula is C21H12ClF5N2O2. The second-order valence-corrected chi connectivity index (χ2v) is 6.72. The van der Waals surface area contributed by atoms with E-state index in [0.29, 0.717) is 12.1 Å². The molecule has 31 heavy (non-hydrogen) atoms. The molecule has 3 aromatic carbocycles. The van der Waals surface area contributed by atoms with Crippen LogP contribution >= 0.6 is 11.6 Å². The second kappa shape index (κ2) is 8.73. The van der Waals surface area contributed by atoms with E-state index >= 15 is 0 Å². The first-order valence-electron chi connectivity index (χ1n) is 8.59. The van der Waals surface area contributed by atoms with Crippen molar-refractivity contribution in [1.82, 2.24) is 0 Å². The molecule has 10 heteroatoms. The Morgan fingerprint density at radius 2 is 1.35 bits per heavy atom. The summed E-state index contributed by atoms with van der Waals surface area (Å²) in [4.78, 5) is 24.7. The third-order valence-corrected chi connectivity index (χ3v) is 4.40. The van der Waals surface area contributed by atoms with Gasteiger partial charge in [0.25, 0.3) is 11.8 Å². The maximum Gasteiger partial charge on any atom is 0.416 e. The number of rotatable bonds is 4. The molecule has 0 aliphatic heterocycles. The molecule has 0 heterocycles. The normalized spacial score (nSPS) is 11.2. The van der Waals surface area contributed by atoms with Gasteiger partial charge in [0.1, 0.15) is 0 Å². The quantitative estimate of drug-likeness (QED) is 0.367. The second-order valence-electron chi connectivity index (χ2n) is 6.31. The minimum atomic E-state index is -4.56. The van der Waals surface area contributed by atoms with Crippen LogP contribution in [0.1, 0.15) is 26.3 Å². The minimum Gasteiger partial charge on any atom is -0.322 e. The minimum absolute atomic E-state index is 0.0339. The molecule has 160 valence electrons. The van der Waals surface area contributed by atoms with Gasteiger partial charge in [-0.25, -0.2) is 8.78 Å². The zero-order chi connectivity index (χ0) is 22.8. The summed E-state index contributed by atoms with van der Waals surface area (Å²) < 4.78 is 65.0. The van der Waals surface area contributed by atoms with Crippen LogP contribution < -0.4 is 10.6 Å². The molecule has 2 amide bonds. The molecule has 0 fully saturated rings. The van der Waals surface area contributed by atoms with Crippen molar-refractivity contribution < 1.29 is 31.5 Å². The van der Waals surface area contributed by atoms with Gasteiger partial charge >= 0.3 is 6.18 Å². The predicted octanol–water partition coefficient (Wildman–Crippen LogP) is 6.14. The molecule has 0 unspecified atom stereocenters. The van der Waals surface area contributed by atoms with Gasteiger partial charge in [-0.15, -0.1) is 0 Å². The molecule has 0 saturated carbocycles. The van der Waals surface area contributed by atoms with Gasteiger partial charge in [0, 0.05) is 16.9 Å². The van der Waals surface area contributed by atoms with Gasteiger partial charge in [-0.1, -0.05) is 23.7 Å². The summed E-state index contributed by atoms with van der Waals surface area (Å²) in [6.45, 7) is 0. The fraction of sp³-hybridized carbons (Fsp3) is 0.0476. The van der Waals surface area contributed by atoms with E-state index in [9.17, 15) is 31.5 Å². The van der Waals surface area contributed by atoms with Crippen molar-refractivity contribution in [3.05, 3.63) is 94.0 Å². The number of carbonyl (C=O) groups excluding carboxylic acids is 2. The largest absolute Gasteiger partial charge is 0.416 e. The van der Waals surface area contributed by atoms with Gasteiger partial charge in [-0.2, -0.15) is 13.2 Å². The number of hydrogen-bond donors (Lipinski definition) is 2. The van der Waals surface area contributed by atoms with E-state index in [1.54, 1.807) is 0 Å². The number of benzene rings is 3. The number of amides is 2. The van der Waals surface area contributed by atoms with Gasteiger partial charge in [-0.3, -0.25) is 9.59 Å². The van der Waals surface area contributed by atoms with Crippen LogP contribution in [0.5, 0.6) is 0 Å². The lowest BCUT2D eigenvalue weighted by Gasteiger charge is -2.11. The molecule has 0 saturated heterocycles. The number of hydrogen-bond acceptors (Lipinski definition) is 2. The zero-order valence-corrected chi connectivity index (χ0v) is 16.1. The molecular weight excluding hydrogens is 443 g/mol. The van der Waals surface area contributed by atoms with E-state index in [-0.39, 0.29) is 27.5 Å². The van der Waals surface area contributed by atoms with Crippen LogP contribution in [0.4, 0.5) is 33.3 Å². The Balaban J connectivity index is 1.77. The van der Waals surface area contributed by atoms with E-state index in [1.807, 2.05) is 0 Å². The Hall–Kier alpha value is -3.46. The first kappa shape index (κ1) is 22.2. The topological polar surface area (TPSA) is 58.2 Å². The monoisotopic (exact) mass is 454 g/mol. The molecule has 0 spiro atoms.